The summed E-state index contributed by atoms with van der Waals surface area (Å²) in [5, 5.41) is 8.81. The van der Waals surface area contributed by atoms with Crippen LogP contribution in [0.4, 0.5) is 0 Å². The van der Waals surface area contributed by atoms with Gasteiger partial charge in [0.25, 0.3) is 0 Å². The molecule has 0 radical (unpaired) electrons. The van der Waals surface area contributed by atoms with Gasteiger partial charge in [0.1, 0.15) is 0 Å². The average molecular weight is 431 g/mol. The first kappa shape index (κ1) is 23.8. The average Bonchev–Trinajstić information content (AvgIpc) is 3.37. The van der Waals surface area contributed by atoms with Crippen LogP contribution in [0.1, 0.15) is 5.56 Å². The second-order valence-electron chi connectivity index (χ2n) is 6.67. The summed E-state index contributed by atoms with van der Waals surface area (Å²) in [5.41, 5.74) is 0.748. The van der Waals surface area contributed by atoms with Crippen LogP contribution in [-0.2, 0) is 9.59 Å². The number of amides is 1. The lowest BCUT2D eigenvalue weighted by Gasteiger charge is -2.33. The molecule has 0 saturated carbocycles. The van der Waals surface area contributed by atoms with E-state index in [2.05, 4.69) is 4.98 Å². The van der Waals surface area contributed by atoms with Crippen LogP contribution in [0.5, 0.6) is 17.2 Å². The van der Waals surface area contributed by atoms with E-state index in [4.69, 9.17) is 19.3 Å². The number of aliphatic carboxylic acids is 1. The Balaban J connectivity index is 0.000000597. The lowest BCUT2D eigenvalue weighted by molar-refractivity contribution is -0.139. The van der Waals surface area contributed by atoms with E-state index in [-0.39, 0.29) is 12.5 Å². The van der Waals surface area contributed by atoms with Gasteiger partial charge in [-0.2, -0.15) is 0 Å². The zero-order valence-electron chi connectivity index (χ0n) is 18.0. The summed E-state index contributed by atoms with van der Waals surface area (Å²) in [7, 11) is 4.60. The van der Waals surface area contributed by atoms with Crippen molar-refractivity contribution in [1.82, 2.24) is 14.8 Å². The number of ether oxygens (including phenoxy) is 3. The number of carboxylic acid groups (broad SMARTS) is 1. The SMILES string of the molecule is COc1cc(C=CC(=O)N2CCN(CC(=O)O)CC2)cc(OC)c1OC.c1cc[nH]c1. The molecule has 31 heavy (non-hydrogen) atoms. The number of nitrogens with one attached hydrogen (secondary N) is 1. The largest absolute Gasteiger partial charge is 0.493 e. The second kappa shape index (κ2) is 12.3. The van der Waals surface area contributed by atoms with Crippen LogP contribution in [0.15, 0.2) is 42.7 Å². The molecule has 9 nitrogen and oxygen atoms in total. The van der Waals surface area contributed by atoms with Crippen LogP contribution in [0.25, 0.3) is 6.08 Å². The fraction of sp³-hybridized carbons (Fsp3) is 0.364. The van der Waals surface area contributed by atoms with E-state index in [1.807, 2.05) is 29.4 Å². The smallest absolute Gasteiger partial charge is 0.317 e. The molecule has 0 atom stereocenters. The Labute approximate surface area is 181 Å². The third kappa shape index (κ3) is 7.38. The molecule has 1 aliphatic rings. The second-order valence-corrected chi connectivity index (χ2v) is 6.67. The number of carbonyl (C=O) groups excluding carboxylic acids is 1. The van der Waals surface area contributed by atoms with Gasteiger partial charge in [0.15, 0.2) is 11.5 Å². The summed E-state index contributed by atoms with van der Waals surface area (Å²) in [4.78, 5) is 29.5. The van der Waals surface area contributed by atoms with E-state index in [0.717, 1.165) is 5.56 Å². The maximum atomic E-state index is 12.3. The summed E-state index contributed by atoms with van der Waals surface area (Å²) >= 11 is 0. The number of hydrogen-bond acceptors (Lipinski definition) is 6. The van der Waals surface area contributed by atoms with Gasteiger partial charge in [-0.3, -0.25) is 14.5 Å². The van der Waals surface area contributed by atoms with Crippen molar-refractivity contribution in [1.29, 1.82) is 0 Å². The minimum Gasteiger partial charge on any atom is -0.493 e. The molecule has 2 aromatic rings. The lowest BCUT2D eigenvalue weighted by Crippen LogP contribution is -2.49. The Morgan fingerprint density at radius 2 is 1.58 bits per heavy atom. The first-order valence-electron chi connectivity index (χ1n) is 9.77. The van der Waals surface area contributed by atoms with Crippen molar-refractivity contribution in [2.75, 3.05) is 54.1 Å². The fourth-order valence-electron chi connectivity index (χ4n) is 3.07. The molecule has 2 heterocycles. The van der Waals surface area contributed by atoms with Gasteiger partial charge in [0, 0.05) is 44.6 Å². The highest BCUT2D eigenvalue weighted by molar-refractivity contribution is 5.92. The Hall–Kier alpha value is -3.46. The Bertz CT molecular complexity index is 816. The number of nitrogens with zero attached hydrogens (tertiary/aromatic N) is 2. The number of H-pyrrole nitrogens is 1. The van der Waals surface area contributed by atoms with Crippen LogP contribution < -0.4 is 14.2 Å². The Kier molecular flexibility index (Phi) is 9.44. The van der Waals surface area contributed by atoms with Crippen molar-refractivity contribution in [2.45, 2.75) is 0 Å². The minimum absolute atomic E-state index is 0.00328. The zero-order chi connectivity index (χ0) is 22.6. The predicted octanol–water partition coefficient (Wildman–Crippen LogP) is 1.97. The van der Waals surface area contributed by atoms with Crippen LogP contribution >= 0.6 is 0 Å². The molecule has 1 aromatic heterocycles. The predicted molar refractivity (Wildman–Crippen MR) is 117 cm³/mol. The van der Waals surface area contributed by atoms with Gasteiger partial charge in [0.2, 0.25) is 11.7 Å². The Morgan fingerprint density at radius 1 is 1.00 bits per heavy atom. The first-order valence-corrected chi connectivity index (χ1v) is 9.77. The molecule has 1 saturated heterocycles. The van der Waals surface area contributed by atoms with Crippen molar-refractivity contribution < 1.29 is 28.9 Å². The van der Waals surface area contributed by atoms with Gasteiger partial charge < -0.3 is 29.2 Å². The van der Waals surface area contributed by atoms with Crippen LogP contribution in [0.2, 0.25) is 0 Å². The highest BCUT2D eigenvalue weighted by Gasteiger charge is 2.21. The standard InChI is InChI=1S/C18H24N2O6.C4H5N/c1-24-14-10-13(11-15(25-2)18(14)26-3)4-5-16(21)20-8-6-19(7-9-20)12-17(22)23;1-2-4-5-3-1/h4-5,10-11H,6-9,12H2,1-3H3,(H,22,23);1-5H. The first-order chi connectivity index (χ1) is 15.0. The summed E-state index contributed by atoms with van der Waals surface area (Å²) < 4.78 is 15.9. The number of rotatable bonds is 7. The summed E-state index contributed by atoms with van der Waals surface area (Å²) in [6.45, 7) is 2.12. The van der Waals surface area contributed by atoms with Gasteiger partial charge in [-0.1, -0.05) is 0 Å². The zero-order valence-corrected chi connectivity index (χ0v) is 18.0. The van der Waals surface area contributed by atoms with Crippen molar-refractivity contribution >= 4 is 18.0 Å². The summed E-state index contributed by atoms with van der Waals surface area (Å²) in [6, 6.07) is 7.41. The van der Waals surface area contributed by atoms with Gasteiger partial charge >= 0.3 is 5.97 Å². The van der Waals surface area contributed by atoms with Gasteiger partial charge in [-0.05, 0) is 35.9 Å². The summed E-state index contributed by atoms with van der Waals surface area (Å²) in [5.74, 6) is 0.552. The molecule has 3 rings (SSSR count). The van der Waals surface area contributed by atoms with Gasteiger partial charge in [0.05, 0.1) is 27.9 Å². The third-order valence-corrected chi connectivity index (χ3v) is 4.64. The molecule has 9 heteroatoms. The van der Waals surface area contributed by atoms with Crippen molar-refractivity contribution in [2.24, 2.45) is 0 Å². The molecule has 2 N–H and O–H groups in total. The normalized spacial score (nSPS) is 14.0. The number of hydrogen-bond donors (Lipinski definition) is 2. The molecule has 168 valence electrons. The molecular formula is C22H29N3O6. The van der Waals surface area contributed by atoms with Crippen molar-refractivity contribution in [3.05, 3.63) is 48.3 Å². The van der Waals surface area contributed by atoms with Gasteiger partial charge in [-0.15, -0.1) is 0 Å². The van der Waals surface area contributed by atoms with E-state index in [0.29, 0.717) is 43.4 Å². The number of carboxylic acids is 1. The number of aromatic amines is 1. The van der Waals surface area contributed by atoms with E-state index in [9.17, 15) is 9.59 Å². The molecule has 0 bridgehead atoms. The maximum Gasteiger partial charge on any atom is 0.317 e. The van der Waals surface area contributed by atoms with E-state index >= 15 is 0 Å². The van der Waals surface area contributed by atoms with E-state index < -0.39 is 5.97 Å². The molecule has 1 fully saturated rings. The van der Waals surface area contributed by atoms with Gasteiger partial charge in [-0.25, -0.2) is 0 Å². The fourth-order valence-corrected chi connectivity index (χ4v) is 3.07. The molecule has 1 aromatic carbocycles. The molecular weight excluding hydrogens is 402 g/mol. The number of benzene rings is 1. The number of carbonyl (C=O) groups is 2. The van der Waals surface area contributed by atoms with Crippen molar-refractivity contribution in [3.63, 3.8) is 0 Å². The molecule has 0 spiro atoms. The van der Waals surface area contributed by atoms with Crippen LogP contribution in [0, 0.1) is 0 Å². The van der Waals surface area contributed by atoms with E-state index in [1.54, 1.807) is 23.1 Å². The van der Waals surface area contributed by atoms with E-state index in [1.165, 1.54) is 27.4 Å². The number of piperazine rings is 1. The Morgan fingerprint density at radius 3 is 2.00 bits per heavy atom. The highest BCUT2D eigenvalue weighted by Crippen LogP contribution is 2.38. The maximum absolute atomic E-state index is 12.3. The lowest BCUT2D eigenvalue weighted by atomic mass is 10.1. The van der Waals surface area contributed by atoms with Crippen LogP contribution in [-0.4, -0.2) is 85.8 Å². The van der Waals surface area contributed by atoms with Crippen molar-refractivity contribution in [3.8, 4) is 17.2 Å². The third-order valence-electron chi connectivity index (χ3n) is 4.64. The number of methoxy groups -OCH3 is 3. The quantitative estimate of drug-likeness (QED) is 0.646. The van der Waals surface area contributed by atoms with Crippen LogP contribution in [0.3, 0.4) is 0 Å². The minimum atomic E-state index is -0.855. The topological polar surface area (TPSA) is 104 Å². The number of aromatic nitrogens is 1. The molecule has 1 aliphatic heterocycles. The highest BCUT2D eigenvalue weighted by atomic mass is 16.5. The molecule has 0 aliphatic carbocycles. The molecule has 0 unspecified atom stereocenters. The summed E-state index contributed by atoms with van der Waals surface area (Å²) in [6.07, 6.45) is 6.93. The molecule has 1 amide bonds. The monoisotopic (exact) mass is 431 g/mol.